The van der Waals surface area contributed by atoms with Gasteiger partial charge in [0.2, 0.25) is 0 Å². The van der Waals surface area contributed by atoms with E-state index in [2.05, 4.69) is 15.5 Å². The summed E-state index contributed by atoms with van der Waals surface area (Å²) in [6.45, 7) is 2.00. The van der Waals surface area contributed by atoms with Crippen LogP contribution in [0.25, 0.3) is 11.0 Å². The van der Waals surface area contributed by atoms with Gasteiger partial charge in [0, 0.05) is 29.0 Å². The number of thioether (sulfide) groups is 1. The lowest BCUT2D eigenvalue weighted by Crippen LogP contribution is -2.13. The SMILES string of the molecule is CCOC(=O)Nc1ccc2c(CSc3nncs3)cc(=O)oc2c1. The molecule has 0 atom stereocenters. The van der Waals surface area contributed by atoms with Crippen molar-refractivity contribution in [3.05, 3.63) is 45.8 Å². The van der Waals surface area contributed by atoms with Crippen LogP contribution in [0.3, 0.4) is 0 Å². The second kappa shape index (κ2) is 7.45. The lowest BCUT2D eigenvalue weighted by molar-refractivity contribution is 0.168. The maximum atomic E-state index is 11.8. The molecular weight excluding hydrogens is 350 g/mol. The number of aromatic nitrogens is 2. The Balaban J connectivity index is 1.87. The second-order valence-corrected chi connectivity index (χ2v) is 6.70. The zero-order chi connectivity index (χ0) is 16.9. The monoisotopic (exact) mass is 363 g/mol. The Labute approximate surface area is 145 Å². The fourth-order valence-corrected chi connectivity index (χ4v) is 3.56. The predicted octanol–water partition coefficient (Wildman–Crippen LogP) is 3.51. The third kappa shape index (κ3) is 3.92. The van der Waals surface area contributed by atoms with Crippen LogP contribution in [0.15, 0.2) is 43.3 Å². The molecule has 3 rings (SSSR count). The number of carbonyl (C=O) groups is 1. The van der Waals surface area contributed by atoms with Crippen LogP contribution in [-0.2, 0) is 10.5 Å². The van der Waals surface area contributed by atoms with Gasteiger partial charge in [0.25, 0.3) is 0 Å². The molecule has 0 saturated heterocycles. The highest BCUT2D eigenvalue weighted by atomic mass is 32.2. The first-order valence-electron chi connectivity index (χ1n) is 7.05. The molecule has 0 bridgehead atoms. The number of hydrogen-bond acceptors (Lipinski definition) is 8. The van der Waals surface area contributed by atoms with E-state index in [1.54, 1.807) is 30.6 Å². The van der Waals surface area contributed by atoms with Crippen LogP contribution in [0.1, 0.15) is 12.5 Å². The summed E-state index contributed by atoms with van der Waals surface area (Å²) in [5.74, 6) is 0.571. The predicted molar refractivity (Wildman–Crippen MR) is 92.6 cm³/mol. The number of carbonyl (C=O) groups excluding carboxylic acids is 1. The normalized spacial score (nSPS) is 10.7. The molecule has 1 amide bonds. The van der Waals surface area contributed by atoms with E-state index in [1.807, 2.05) is 0 Å². The minimum Gasteiger partial charge on any atom is -0.450 e. The van der Waals surface area contributed by atoms with Crippen molar-refractivity contribution in [3.8, 4) is 0 Å². The average Bonchev–Trinajstić information content (AvgIpc) is 3.05. The Morgan fingerprint density at radius 3 is 3.04 bits per heavy atom. The number of benzene rings is 1. The van der Waals surface area contributed by atoms with Gasteiger partial charge in [-0.2, -0.15) is 0 Å². The number of nitrogens with one attached hydrogen (secondary N) is 1. The lowest BCUT2D eigenvalue weighted by Gasteiger charge is -2.08. The quantitative estimate of drug-likeness (QED) is 0.547. The molecule has 2 heterocycles. The number of rotatable bonds is 5. The van der Waals surface area contributed by atoms with Gasteiger partial charge in [-0.25, -0.2) is 9.59 Å². The fraction of sp³-hybridized carbons (Fsp3) is 0.200. The van der Waals surface area contributed by atoms with Crippen molar-refractivity contribution in [2.24, 2.45) is 0 Å². The van der Waals surface area contributed by atoms with Crippen molar-refractivity contribution in [2.45, 2.75) is 17.0 Å². The van der Waals surface area contributed by atoms with E-state index >= 15 is 0 Å². The van der Waals surface area contributed by atoms with Crippen molar-refractivity contribution in [1.29, 1.82) is 0 Å². The largest absolute Gasteiger partial charge is 0.450 e. The van der Waals surface area contributed by atoms with Crippen LogP contribution >= 0.6 is 23.1 Å². The number of ether oxygens (including phenoxy) is 1. The first-order chi connectivity index (χ1) is 11.7. The molecule has 1 N–H and O–H groups in total. The molecule has 0 unspecified atom stereocenters. The molecule has 124 valence electrons. The van der Waals surface area contributed by atoms with Crippen molar-refractivity contribution in [2.75, 3.05) is 11.9 Å². The van der Waals surface area contributed by atoms with Gasteiger partial charge in [-0.1, -0.05) is 23.1 Å². The number of anilines is 1. The maximum absolute atomic E-state index is 11.8. The Hall–Kier alpha value is -2.39. The van der Waals surface area contributed by atoms with E-state index < -0.39 is 11.7 Å². The molecule has 0 aliphatic carbocycles. The van der Waals surface area contributed by atoms with Crippen LogP contribution in [-0.4, -0.2) is 22.9 Å². The van der Waals surface area contributed by atoms with E-state index in [0.717, 1.165) is 15.3 Å². The standard InChI is InChI=1S/C15H13N3O4S2/c1-2-21-14(20)17-10-3-4-11-9(5-13(19)22-12(11)6-10)7-23-15-18-16-8-24-15/h3-6,8H,2,7H2,1H3,(H,17,20). The van der Waals surface area contributed by atoms with Crippen LogP contribution in [0.5, 0.6) is 0 Å². The molecule has 0 aliphatic rings. The molecule has 0 spiro atoms. The van der Waals surface area contributed by atoms with Gasteiger partial charge in [0.15, 0.2) is 4.34 Å². The Bertz CT molecular complexity index is 909. The summed E-state index contributed by atoms with van der Waals surface area (Å²) in [6, 6.07) is 6.61. The van der Waals surface area contributed by atoms with E-state index in [4.69, 9.17) is 9.15 Å². The summed E-state index contributed by atoms with van der Waals surface area (Å²) >= 11 is 2.94. The van der Waals surface area contributed by atoms with Gasteiger partial charge in [0.05, 0.1) is 6.61 Å². The van der Waals surface area contributed by atoms with Crippen LogP contribution in [0.2, 0.25) is 0 Å². The zero-order valence-electron chi connectivity index (χ0n) is 12.6. The molecule has 3 aromatic rings. The molecule has 1 aromatic carbocycles. The maximum Gasteiger partial charge on any atom is 0.411 e. The van der Waals surface area contributed by atoms with Crippen LogP contribution in [0, 0.1) is 0 Å². The molecule has 0 aliphatic heterocycles. The molecule has 24 heavy (non-hydrogen) atoms. The van der Waals surface area contributed by atoms with Crippen molar-refractivity contribution < 1.29 is 13.9 Å². The number of amides is 1. The highest BCUT2D eigenvalue weighted by molar-refractivity contribution is 8.00. The Kier molecular flexibility index (Phi) is 5.11. The molecule has 9 heteroatoms. The van der Waals surface area contributed by atoms with Crippen LogP contribution < -0.4 is 10.9 Å². The summed E-state index contributed by atoms with van der Waals surface area (Å²) in [7, 11) is 0. The summed E-state index contributed by atoms with van der Waals surface area (Å²) in [4.78, 5) is 23.3. The van der Waals surface area contributed by atoms with Gasteiger partial charge in [0.1, 0.15) is 11.1 Å². The molecule has 7 nitrogen and oxygen atoms in total. The van der Waals surface area contributed by atoms with Crippen molar-refractivity contribution in [1.82, 2.24) is 10.2 Å². The summed E-state index contributed by atoms with van der Waals surface area (Å²) in [6.07, 6.45) is -0.554. The average molecular weight is 363 g/mol. The third-order valence-electron chi connectivity index (χ3n) is 3.04. The summed E-state index contributed by atoms with van der Waals surface area (Å²) in [5.41, 5.74) is 2.96. The van der Waals surface area contributed by atoms with Gasteiger partial charge in [-0.15, -0.1) is 10.2 Å². The second-order valence-electron chi connectivity index (χ2n) is 4.64. The minimum atomic E-state index is -0.554. The minimum absolute atomic E-state index is 0.279. The zero-order valence-corrected chi connectivity index (χ0v) is 14.3. The van der Waals surface area contributed by atoms with Crippen LogP contribution in [0.4, 0.5) is 10.5 Å². The molecule has 0 radical (unpaired) electrons. The Morgan fingerprint density at radius 2 is 2.29 bits per heavy atom. The molecule has 0 fully saturated rings. The third-order valence-corrected chi connectivity index (χ3v) is 4.95. The first kappa shape index (κ1) is 16.5. The van der Waals surface area contributed by atoms with E-state index in [-0.39, 0.29) is 6.61 Å². The number of hydrogen-bond donors (Lipinski definition) is 1. The van der Waals surface area contributed by atoms with Gasteiger partial charge in [-0.3, -0.25) is 5.32 Å². The van der Waals surface area contributed by atoms with Crippen molar-refractivity contribution in [3.63, 3.8) is 0 Å². The van der Waals surface area contributed by atoms with Gasteiger partial charge >= 0.3 is 11.7 Å². The van der Waals surface area contributed by atoms with Gasteiger partial charge < -0.3 is 9.15 Å². The highest BCUT2D eigenvalue weighted by Crippen LogP contribution is 2.28. The highest BCUT2D eigenvalue weighted by Gasteiger charge is 2.10. The Morgan fingerprint density at radius 1 is 1.42 bits per heavy atom. The number of fused-ring (bicyclic) bond motifs is 1. The van der Waals surface area contributed by atoms with Gasteiger partial charge in [-0.05, 0) is 24.6 Å². The summed E-state index contributed by atoms with van der Waals surface area (Å²) < 4.78 is 10.9. The van der Waals surface area contributed by atoms with E-state index in [9.17, 15) is 9.59 Å². The fourth-order valence-electron chi connectivity index (χ4n) is 2.08. The molecular formula is C15H13N3O4S2. The van der Waals surface area contributed by atoms with E-state index in [0.29, 0.717) is 17.0 Å². The molecule has 0 saturated carbocycles. The first-order valence-corrected chi connectivity index (χ1v) is 8.92. The summed E-state index contributed by atoms with van der Waals surface area (Å²) in [5, 5.41) is 11.1. The smallest absolute Gasteiger partial charge is 0.411 e. The topological polar surface area (TPSA) is 94.3 Å². The van der Waals surface area contributed by atoms with Crippen molar-refractivity contribution >= 4 is 45.8 Å². The lowest BCUT2D eigenvalue weighted by atomic mass is 10.1. The number of nitrogens with zero attached hydrogens (tertiary/aromatic N) is 2. The molecule has 2 aromatic heterocycles. The van der Waals surface area contributed by atoms with E-state index in [1.165, 1.54) is 29.2 Å².